The van der Waals surface area contributed by atoms with E-state index < -0.39 is 13.7 Å². The highest BCUT2D eigenvalue weighted by molar-refractivity contribution is 6.10. The van der Waals surface area contributed by atoms with Crippen LogP contribution in [0.25, 0.3) is 117 Å². The molecule has 0 bridgehead atoms. The predicted octanol–water partition coefficient (Wildman–Crippen LogP) is 22.1. The second-order valence-electron chi connectivity index (χ2n) is 28.3. The smallest absolute Gasteiger partial charge is 0.269 e. The van der Waals surface area contributed by atoms with Crippen LogP contribution < -0.4 is 9.30 Å². The highest BCUT2D eigenvalue weighted by Crippen LogP contribution is 2.49. The molecule has 0 amide bonds. The second-order valence-corrected chi connectivity index (χ2v) is 28.3. The second kappa shape index (κ2) is 21.1. The topological polar surface area (TPSA) is 35.9 Å². The average Bonchev–Trinajstić information content (AvgIpc) is 1.67. The summed E-state index contributed by atoms with van der Waals surface area (Å²) in [5.74, 6) is 2.11. The van der Waals surface area contributed by atoms with Gasteiger partial charge >= 0.3 is 0 Å². The Morgan fingerprint density at radius 1 is 0.404 bits per heavy atom. The van der Waals surface area contributed by atoms with Crippen LogP contribution in [-0.4, -0.2) is 14.1 Å². The molecule has 0 radical (unpaired) electrons. The van der Waals surface area contributed by atoms with Crippen LogP contribution in [-0.2, 0) is 21.7 Å². The van der Waals surface area contributed by atoms with Gasteiger partial charge in [-0.25, -0.2) is 4.98 Å². The van der Waals surface area contributed by atoms with Crippen molar-refractivity contribution in [3.05, 3.63) is 258 Å². The number of pyridine rings is 1. The summed E-state index contributed by atoms with van der Waals surface area (Å²) in [4.78, 5) is 4.96. The first kappa shape index (κ1) is 50.4. The number of benzene rings is 10. The molecule has 13 aromatic rings. The van der Waals surface area contributed by atoms with Gasteiger partial charge in [-0.2, -0.15) is 0 Å². The molecule has 1 aliphatic heterocycles. The van der Waals surface area contributed by atoms with Gasteiger partial charge in [0.15, 0.2) is 0 Å². The monoisotopic (exact) mass is 1160 g/mol. The van der Waals surface area contributed by atoms with Gasteiger partial charge in [-0.05, 0) is 202 Å². The molecule has 0 saturated heterocycles. The van der Waals surface area contributed by atoms with Crippen molar-refractivity contribution in [3.63, 3.8) is 0 Å². The van der Waals surface area contributed by atoms with Crippen LogP contribution in [0.3, 0.4) is 0 Å². The van der Waals surface area contributed by atoms with Gasteiger partial charge in [-0.3, -0.25) is 13.7 Å². The van der Waals surface area contributed by atoms with Crippen LogP contribution in [0.1, 0.15) is 125 Å². The zero-order chi connectivity index (χ0) is 67.1. The molecule has 0 aliphatic carbocycles. The Bertz CT molecular complexity index is 5160. The molecule has 3 aromatic heterocycles. The normalized spacial score (nSPS) is 13.9. The van der Waals surface area contributed by atoms with Crippen LogP contribution in [0.15, 0.2) is 219 Å². The summed E-state index contributed by atoms with van der Waals surface area (Å²) in [6, 6.07) is 73.2. The molecule has 440 valence electrons. The molecule has 14 rings (SSSR count). The van der Waals surface area contributed by atoms with Crippen molar-refractivity contribution in [2.24, 2.45) is 0 Å². The van der Waals surface area contributed by atoms with Crippen LogP contribution in [0, 0.1) is 20.0 Å². The molecule has 89 heavy (non-hydrogen) atoms. The van der Waals surface area contributed by atoms with E-state index in [1.54, 1.807) is 18.2 Å². The molecule has 0 N–H and O–H groups in total. The lowest BCUT2D eigenvalue weighted by atomic mass is 9.78. The third kappa shape index (κ3) is 10.1. The van der Waals surface area contributed by atoms with Crippen molar-refractivity contribution < 1.29 is 17.5 Å². The van der Waals surface area contributed by atoms with Gasteiger partial charge in [-0.15, -0.1) is 0 Å². The SMILES string of the molecule is [2H]C([2H])([2H])c1cccc(C([2H])([2H])[2H])c1-c1cc(-c2ccc(C(C)(C)C)cc2)c2c(c1)-c1ccccc1-c1ccccc1-c1cc(-c3cc(C(C)(C)C)cc(C(C)(C)C)c3)cc3c1[n+]-2[c-]n3-c1cccc(Oc2ccc3c4ccccc4n(-c4cc(C(C)(C)C)ccn4)c3c2)c1. The first-order chi connectivity index (χ1) is 44.9. The highest BCUT2D eigenvalue weighted by Gasteiger charge is 2.30. The van der Waals surface area contributed by atoms with Crippen LogP contribution in [0.4, 0.5) is 0 Å². The molecule has 1 aliphatic rings. The molecule has 0 atom stereocenters. The molecule has 0 fully saturated rings. The van der Waals surface area contributed by atoms with Crippen LogP contribution in [0.2, 0.25) is 0 Å². The third-order valence-electron chi connectivity index (χ3n) is 18.0. The molecule has 10 aromatic carbocycles. The van der Waals surface area contributed by atoms with Crippen molar-refractivity contribution in [1.29, 1.82) is 0 Å². The Balaban J connectivity index is 1.08. The van der Waals surface area contributed by atoms with E-state index in [1.165, 1.54) is 16.7 Å². The van der Waals surface area contributed by atoms with Gasteiger partial charge in [-0.1, -0.05) is 223 Å². The summed E-state index contributed by atoms with van der Waals surface area (Å²) >= 11 is 0. The maximum absolute atomic E-state index is 8.97. The van der Waals surface area contributed by atoms with E-state index in [0.29, 0.717) is 17.1 Å². The first-order valence-electron chi connectivity index (χ1n) is 34.0. The summed E-state index contributed by atoms with van der Waals surface area (Å²) in [5, 5.41) is 2.21. The number of fused-ring (bicyclic) bond motifs is 10. The van der Waals surface area contributed by atoms with E-state index in [4.69, 9.17) is 17.9 Å². The Kier molecular flexibility index (Phi) is 11.9. The number of ether oxygens (including phenoxy) is 1. The minimum Gasteiger partial charge on any atom is -0.458 e. The minimum absolute atomic E-state index is 0.0371. The first-order valence-corrected chi connectivity index (χ1v) is 31.0. The number of aryl methyl sites for hydroxylation is 2. The van der Waals surface area contributed by atoms with Gasteiger partial charge in [0.1, 0.15) is 17.3 Å². The van der Waals surface area contributed by atoms with E-state index in [-0.39, 0.29) is 38.4 Å². The van der Waals surface area contributed by atoms with Crippen molar-refractivity contribution in [2.75, 3.05) is 0 Å². The Labute approximate surface area is 534 Å². The van der Waals surface area contributed by atoms with E-state index in [9.17, 15) is 0 Å². The summed E-state index contributed by atoms with van der Waals surface area (Å²) in [6.07, 6.45) is 5.95. The highest BCUT2D eigenvalue weighted by atomic mass is 16.5. The molecule has 5 heteroatoms. The van der Waals surface area contributed by atoms with Crippen LogP contribution in [0.5, 0.6) is 11.5 Å². The lowest BCUT2D eigenvalue weighted by molar-refractivity contribution is -0.570. The molecule has 4 heterocycles. The number of aromatic nitrogens is 4. The minimum atomic E-state index is -2.66. The Hall–Kier alpha value is -9.58. The van der Waals surface area contributed by atoms with Gasteiger partial charge in [0.2, 0.25) is 0 Å². The molecule has 0 unspecified atom stereocenters. The number of rotatable bonds is 7. The summed E-state index contributed by atoms with van der Waals surface area (Å²) in [6.45, 7) is 21.6. The van der Waals surface area contributed by atoms with Crippen molar-refractivity contribution in [1.82, 2.24) is 14.1 Å². The van der Waals surface area contributed by atoms with E-state index >= 15 is 0 Å². The van der Waals surface area contributed by atoms with Gasteiger partial charge in [0.25, 0.3) is 6.33 Å². The molecular weight excluding hydrogens is 1080 g/mol. The molecule has 5 nitrogen and oxygen atoms in total. The maximum Gasteiger partial charge on any atom is 0.269 e. The Morgan fingerprint density at radius 2 is 0.966 bits per heavy atom. The maximum atomic E-state index is 8.97. The van der Waals surface area contributed by atoms with Crippen molar-refractivity contribution in [3.8, 4) is 95.5 Å². The number of hydrogen-bond acceptors (Lipinski definition) is 2. The number of imidazole rings is 1. The standard InChI is InChI=1S/C84H78N4O/c1-52-23-21-24-53(2)78(52)57-44-71(54-33-35-58(36-34-54)81(3,4)5)79-72(45-57)67-29-17-15-27-65(67)66-28-16-18-30-68(66)73-43-56(55-41-60(83(9,10)11)47-61(42-55)84(12,13)14)46-76-80(73)87(79)51-86(76)62-25-22-26-63(49-62)89-64-37-38-70-69-31-19-20-32-74(69)88(75(70)50-64)77-48-59(39-40-85-77)82(6,7)8/h15-50H,1-14H3/i1D3,2D3. The fourth-order valence-electron chi connectivity index (χ4n) is 13.1. The van der Waals surface area contributed by atoms with Crippen molar-refractivity contribution >= 4 is 32.8 Å². The number of para-hydroxylation sites is 1. The Morgan fingerprint density at radius 3 is 1.62 bits per heavy atom. The van der Waals surface area contributed by atoms with Crippen LogP contribution >= 0.6 is 0 Å². The predicted molar refractivity (Wildman–Crippen MR) is 373 cm³/mol. The van der Waals surface area contributed by atoms with Gasteiger partial charge in [0.05, 0.1) is 33.4 Å². The molecule has 0 saturated carbocycles. The summed E-state index contributed by atoms with van der Waals surface area (Å²) in [5.41, 5.74) is 19.4. The number of nitrogens with zero attached hydrogens (tertiary/aromatic N) is 4. The third-order valence-corrected chi connectivity index (χ3v) is 18.0. The fourth-order valence-corrected chi connectivity index (χ4v) is 13.1. The zero-order valence-corrected chi connectivity index (χ0v) is 53.0. The lowest BCUT2D eigenvalue weighted by Gasteiger charge is -2.26. The summed E-state index contributed by atoms with van der Waals surface area (Å²) in [7, 11) is 0. The molecular formula is C84H78N4O. The molecule has 0 spiro atoms. The van der Waals surface area contributed by atoms with E-state index in [1.807, 2.05) is 42.6 Å². The van der Waals surface area contributed by atoms with Crippen molar-refractivity contribution in [2.45, 2.75) is 118 Å². The van der Waals surface area contributed by atoms with E-state index in [2.05, 4.69) is 261 Å². The zero-order valence-electron chi connectivity index (χ0n) is 59.0. The van der Waals surface area contributed by atoms with Gasteiger partial charge < -0.3 is 4.74 Å². The fraction of sp³-hybridized carbons (Fsp3) is 0.214. The van der Waals surface area contributed by atoms with Gasteiger partial charge in [0, 0.05) is 31.3 Å². The summed E-state index contributed by atoms with van der Waals surface area (Å²) < 4.78 is 67.5. The average molecular weight is 1170 g/mol. The number of hydrogen-bond donors (Lipinski definition) is 0. The lowest BCUT2D eigenvalue weighted by Crippen LogP contribution is -2.32. The quantitative estimate of drug-likeness (QED) is 0.118. The van der Waals surface area contributed by atoms with E-state index in [0.717, 1.165) is 111 Å². The largest absolute Gasteiger partial charge is 0.458 e.